The number of carboxylic acid groups (broad SMARTS) is 1. The molecule has 2 unspecified atom stereocenters. The van der Waals surface area contributed by atoms with Crippen LogP contribution >= 0.6 is 11.6 Å². The molecule has 1 N–H and O–H groups in total. The minimum atomic E-state index is -0.971. The Morgan fingerprint density at radius 3 is 2.77 bits per heavy atom. The maximum atomic E-state index is 11.4. The second-order valence-electron chi connectivity index (χ2n) is 5.29. The van der Waals surface area contributed by atoms with Crippen molar-refractivity contribution in [2.45, 2.75) is 32.9 Å². The first kappa shape index (κ1) is 17.1. The molecule has 0 radical (unpaired) electrons. The molecule has 0 aliphatic carbocycles. The number of carboxylic acids is 1. The van der Waals surface area contributed by atoms with Gasteiger partial charge in [0.15, 0.2) is 0 Å². The van der Waals surface area contributed by atoms with E-state index in [1.165, 1.54) is 6.07 Å². The molecular weight excluding hydrogens is 306 g/mol. The number of ether oxygens (including phenoxy) is 2. The van der Waals surface area contributed by atoms with Crippen molar-refractivity contribution in [3.8, 4) is 0 Å². The second-order valence-corrected chi connectivity index (χ2v) is 5.72. The Balaban J connectivity index is 2.41. The first-order chi connectivity index (χ1) is 10.5. The molecule has 5 nitrogen and oxygen atoms in total. The molecule has 2 atom stereocenters. The lowest BCUT2D eigenvalue weighted by atomic mass is 10.0. The van der Waals surface area contributed by atoms with E-state index in [1.54, 1.807) is 0 Å². The van der Waals surface area contributed by atoms with Crippen molar-refractivity contribution in [2.24, 2.45) is 0 Å². The van der Waals surface area contributed by atoms with Crippen LogP contribution in [0.25, 0.3) is 0 Å². The van der Waals surface area contributed by atoms with Gasteiger partial charge in [0, 0.05) is 23.9 Å². The first-order valence-electron chi connectivity index (χ1n) is 7.49. The van der Waals surface area contributed by atoms with Crippen LogP contribution in [0.2, 0.25) is 5.02 Å². The third-order valence-electron chi connectivity index (χ3n) is 4.01. The van der Waals surface area contributed by atoms with Gasteiger partial charge in [-0.05, 0) is 38.5 Å². The van der Waals surface area contributed by atoms with Crippen LogP contribution in [-0.2, 0) is 9.47 Å². The fourth-order valence-electron chi connectivity index (χ4n) is 2.96. The lowest BCUT2D eigenvalue weighted by molar-refractivity contribution is 0.0449. The Hall–Kier alpha value is -1.30. The summed E-state index contributed by atoms with van der Waals surface area (Å²) in [6, 6.07) is 3.36. The maximum Gasteiger partial charge on any atom is 0.336 e. The van der Waals surface area contributed by atoms with Crippen molar-refractivity contribution in [1.82, 2.24) is 0 Å². The Labute approximate surface area is 135 Å². The Morgan fingerprint density at radius 1 is 1.45 bits per heavy atom. The molecule has 0 amide bonds. The molecule has 0 bridgehead atoms. The van der Waals surface area contributed by atoms with E-state index < -0.39 is 5.97 Å². The van der Waals surface area contributed by atoms with E-state index in [-0.39, 0.29) is 17.7 Å². The minimum absolute atomic E-state index is 0.0170. The van der Waals surface area contributed by atoms with Crippen molar-refractivity contribution in [3.05, 3.63) is 28.3 Å². The van der Waals surface area contributed by atoms with Gasteiger partial charge in [-0.1, -0.05) is 11.6 Å². The Morgan fingerprint density at radius 2 is 2.18 bits per heavy atom. The average Bonchev–Trinajstić information content (AvgIpc) is 2.91. The summed E-state index contributed by atoms with van der Waals surface area (Å²) in [5.74, 6) is -0.971. The van der Waals surface area contributed by atoms with Crippen LogP contribution in [0.4, 0.5) is 5.69 Å². The van der Waals surface area contributed by atoms with Gasteiger partial charge in [0.1, 0.15) is 6.10 Å². The lowest BCUT2D eigenvalue weighted by Crippen LogP contribution is -2.44. The van der Waals surface area contributed by atoms with Gasteiger partial charge in [0.25, 0.3) is 0 Å². The normalized spacial score (nSPS) is 21.1. The monoisotopic (exact) mass is 327 g/mol. The van der Waals surface area contributed by atoms with E-state index >= 15 is 0 Å². The molecule has 6 heteroatoms. The molecular formula is C16H22ClNO4. The molecule has 1 aliphatic rings. The zero-order valence-electron chi connectivity index (χ0n) is 13.1. The maximum absolute atomic E-state index is 11.4. The van der Waals surface area contributed by atoms with Crippen molar-refractivity contribution < 1.29 is 19.4 Å². The summed E-state index contributed by atoms with van der Waals surface area (Å²) in [6.45, 7) is 8.26. The number of anilines is 1. The summed E-state index contributed by atoms with van der Waals surface area (Å²) in [5.41, 5.74) is 1.77. The van der Waals surface area contributed by atoms with Gasteiger partial charge in [-0.15, -0.1) is 0 Å². The van der Waals surface area contributed by atoms with E-state index in [0.29, 0.717) is 30.4 Å². The molecule has 1 aromatic carbocycles. The Kier molecular flexibility index (Phi) is 5.67. The van der Waals surface area contributed by atoms with Gasteiger partial charge < -0.3 is 19.5 Å². The zero-order valence-corrected chi connectivity index (χ0v) is 13.9. The molecule has 22 heavy (non-hydrogen) atoms. The van der Waals surface area contributed by atoms with E-state index in [9.17, 15) is 9.90 Å². The van der Waals surface area contributed by atoms with E-state index in [2.05, 4.69) is 4.90 Å². The highest BCUT2D eigenvalue weighted by atomic mass is 35.5. The van der Waals surface area contributed by atoms with Crippen LogP contribution < -0.4 is 4.90 Å². The summed E-state index contributed by atoms with van der Waals surface area (Å²) in [4.78, 5) is 13.5. The third kappa shape index (κ3) is 3.37. The minimum Gasteiger partial charge on any atom is -0.478 e. The Bertz CT molecular complexity index is 549. The summed E-state index contributed by atoms with van der Waals surface area (Å²) >= 11 is 6.12. The summed E-state index contributed by atoms with van der Waals surface area (Å²) < 4.78 is 11.3. The molecule has 0 saturated carbocycles. The number of benzene rings is 1. The van der Waals surface area contributed by atoms with Crippen LogP contribution in [0, 0.1) is 6.92 Å². The smallest absolute Gasteiger partial charge is 0.336 e. The van der Waals surface area contributed by atoms with Crippen LogP contribution in [0.5, 0.6) is 0 Å². The number of hydrogen-bond acceptors (Lipinski definition) is 4. The standard InChI is InChI=1S/C16H22ClNO4/c1-4-18(14-8-21-9-15(14)22-5-2)13-7-11(17)6-12(10(13)3)16(19)20/h6-7,14-15H,4-5,8-9H2,1-3H3,(H,19,20). The second kappa shape index (κ2) is 7.31. The zero-order chi connectivity index (χ0) is 16.3. The lowest BCUT2D eigenvalue weighted by Gasteiger charge is -2.34. The predicted molar refractivity (Wildman–Crippen MR) is 86.2 cm³/mol. The summed E-state index contributed by atoms with van der Waals surface area (Å²) in [5, 5.41) is 9.76. The highest BCUT2D eigenvalue weighted by molar-refractivity contribution is 6.31. The van der Waals surface area contributed by atoms with Gasteiger partial charge in [0.2, 0.25) is 0 Å². The molecule has 2 rings (SSSR count). The largest absolute Gasteiger partial charge is 0.478 e. The van der Waals surface area contributed by atoms with Gasteiger partial charge in [-0.2, -0.15) is 0 Å². The topological polar surface area (TPSA) is 59.0 Å². The number of hydrogen-bond donors (Lipinski definition) is 1. The number of nitrogens with zero attached hydrogens (tertiary/aromatic N) is 1. The number of aromatic carboxylic acids is 1. The van der Waals surface area contributed by atoms with Gasteiger partial charge in [-0.3, -0.25) is 0 Å². The van der Waals surface area contributed by atoms with E-state index in [1.807, 2.05) is 26.8 Å². The highest BCUT2D eigenvalue weighted by Crippen LogP contribution is 2.31. The summed E-state index contributed by atoms with van der Waals surface area (Å²) in [7, 11) is 0. The molecule has 1 aliphatic heterocycles. The van der Waals surface area contributed by atoms with Crippen molar-refractivity contribution in [2.75, 3.05) is 31.3 Å². The van der Waals surface area contributed by atoms with E-state index in [4.69, 9.17) is 21.1 Å². The molecule has 1 aromatic rings. The SMILES string of the molecule is CCOC1COCC1N(CC)c1cc(Cl)cc(C(=O)O)c1C. The fraction of sp³-hybridized carbons (Fsp3) is 0.562. The van der Waals surface area contributed by atoms with Crippen LogP contribution in [0.1, 0.15) is 29.8 Å². The molecule has 1 saturated heterocycles. The quantitative estimate of drug-likeness (QED) is 0.870. The number of halogens is 1. The van der Waals surface area contributed by atoms with Crippen molar-refractivity contribution >= 4 is 23.3 Å². The molecule has 0 spiro atoms. The van der Waals surface area contributed by atoms with E-state index in [0.717, 1.165) is 12.2 Å². The van der Waals surface area contributed by atoms with Crippen molar-refractivity contribution in [3.63, 3.8) is 0 Å². The number of carbonyl (C=O) groups is 1. The molecule has 1 heterocycles. The average molecular weight is 328 g/mol. The van der Waals surface area contributed by atoms with Gasteiger partial charge >= 0.3 is 5.97 Å². The van der Waals surface area contributed by atoms with Crippen LogP contribution in [0.15, 0.2) is 12.1 Å². The fourth-order valence-corrected chi connectivity index (χ4v) is 3.17. The molecule has 1 fully saturated rings. The molecule has 0 aromatic heterocycles. The van der Waals surface area contributed by atoms with Crippen molar-refractivity contribution in [1.29, 1.82) is 0 Å². The number of likely N-dealkylation sites (N-methyl/N-ethyl adjacent to an activating group) is 1. The third-order valence-corrected chi connectivity index (χ3v) is 4.22. The van der Waals surface area contributed by atoms with Crippen LogP contribution in [-0.4, -0.2) is 49.6 Å². The van der Waals surface area contributed by atoms with Gasteiger partial charge in [-0.25, -0.2) is 4.79 Å². The summed E-state index contributed by atoms with van der Waals surface area (Å²) in [6.07, 6.45) is -0.0170. The van der Waals surface area contributed by atoms with Crippen LogP contribution in [0.3, 0.4) is 0 Å². The number of rotatable bonds is 6. The molecule has 122 valence electrons. The first-order valence-corrected chi connectivity index (χ1v) is 7.86. The highest BCUT2D eigenvalue weighted by Gasteiger charge is 2.34. The predicted octanol–water partition coefficient (Wildman–Crippen LogP) is 2.98. The van der Waals surface area contributed by atoms with Gasteiger partial charge in [0.05, 0.1) is 24.8 Å².